The highest BCUT2D eigenvalue weighted by atomic mass is 35.5. The molecule has 3 N–H and O–H groups in total. The number of urea groups is 1. The van der Waals surface area contributed by atoms with E-state index in [0.717, 1.165) is 6.26 Å². The van der Waals surface area contributed by atoms with Gasteiger partial charge in [-0.1, -0.05) is 29.3 Å². The number of hydrogen-bond donors (Lipinski definition) is 2. The maximum Gasteiger partial charge on any atom is 0.317 e. The molecule has 0 aliphatic carbocycles. The number of aromatic nitrogens is 3. The van der Waals surface area contributed by atoms with Gasteiger partial charge in [-0.05, 0) is 18.2 Å². The molecule has 0 saturated heterocycles. The lowest BCUT2D eigenvalue weighted by Crippen LogP contribution is -2.20. The number of hydrogen-bond acceptors (Lipinski definition) is 6. The Balaban J connectivity index is 2.33. The molecule has 3 rings (SSSR count). The molecule has 0 saturated carbocycles. The third-order valence-corrected chi connectivity index (χ3v) is 4.84. The van der Waals surface area contributed by atoms with Crippen molar-refractivity contribution in [3.05, 3.63) is 40.5 Å². The van der Waals surface area contributed by atoms with Gasteiger partial charge in [0.15, 0.2) is 5.65 Å². The van der Waals surface area contributed by atoms with E-state index in [1.165, 1.54) is 6.20 Å². The molecule has 0 unspecified atom stereocenters. The standard InChI is InChI=1S/C15H11Cl2N5O3S/c1-26(24,25)15-19-6-7-5-8(11-9(16)3-2-4-10(11)17)13(21-14(18)23)20-12(7)22-15/h2-6H,1H3,(H3,18,19,20,21,22,23). The van der Waals surface area contributed by atoms with E-state index in [1.54, 1.807) is 24.3 Å². The Hall–Kier alpha value is -2.49. The van der Waals surface area contributed by atoms with Crippen LogP contribution in [0.1, 0.15) is 0 Å². The Morgan fingerprint density at radius 1 is 1.19 bits per heavy atom. The molecule has 2 heterocycles. The van der Waals surface area contributed by atoms with Gasteiger partial charge in [0.25, 0.3) is 0 Å². The van der Waals surface area contributed by atoms with Crippen LogP contribution in [0.2, 0.25) is 10.0 Å². The number of rotatable bonds is 3. The van der Waals surface area contributed by atoms with Crippen LogP contribution in [0.3, 0.4) is 0 Å². The largest absolute Gasteiger partial charge is 0.351 e. The lowest BCUT2D eigenvalue weighted by atomic mass is 10.1. The highest BCUT2D eigenvalue weighted by molar-refractivity contribution is 7.90. The molecular weight excluding hydrogens is 401 g/mol. The summed E-state index contributed by atoms with van der Waals surface area (Å²) in [6.07, 6.45) is 2.29. The summed E-state index contributed by atoms with van der Waals surface area (Å²) >= 11 is 12.5. The van der Waals surface area contributed by atoms with E-state index in [9.17, 15) is 13.2 Å². The maximum atomic E-state index is 11.6. The molecule has 0 fully saturated rings. The van der Waals surface area contributed by atoms with Crippen molar-refractivity contribution in [1.82, 2.24) is 15.0 Å². The second-order valence-corrected chi connectivity index (χ2v) is 8.03. The van der Waals surface area contributed by atoms with Gasteiger partial charge in [0, 0.05) is 29.0 Å². The number of pyridine rings is 1. The number of nitrogens with one attached hydrogen (secondary N) is 1. The van der Waals surface area contributed by atoms with Gasteiger partial charge in [0.2, 0.25) is 15.0 Å². The van der Waals surface area contributed by atoms with Gasteiger partial charge in [-0.15, -0.1) is 0 Å². The van der Waals surface area contributed by atoms with Gasteiger partial charge in [0.1, 0.15) is 5.82 Å². The summed E-state index contributed by atoms with van der Waals surface area (Å²) < 4.78 is 23.3. The first kappa shape index (κ1) is 18.3. The van der Waals surface area contributed by atoms with Gasteiger partial charge < -0.3 is 5.73 Å². The van der Waals surface area contributed by atoms with Crippen molar-refractivity contribution in [1.29, 1.82) is 0 Å². The van der Waals surface area contributed by atoms with E-state index in [2.05, 4.69) is 20.3 Å². The first-order valence-corrected chi connectivity index (χ1v) is 9.70. The number of sulfone groups is 1. The molecule has 0 radical (unpaired) electrons. The lowest BCUT2D eigenvalue weighted by Gasteiger charge is -2.13. The lowest BCUT2D eigenvalue weighted by molar-refractivity contribution is 0.259. The zero-order valence-electron chi connectivity index (χ0n) is 13.2. The van der Waals surface area contributed by atoms with Crippen molar-refractivity contribution in [2.24, 2.45) is 5.73 Å². The van der Waals surface area contributed by atoms with Crippen LogP contribution in [-0.2, 0) is 9.84 Å². The summed E-state index contributed by atoms with van der Waals surface area (Å²) in [4.78, 5) is 23.3. The summed E-state index contributed by atoms with van der Waals surface area (Å²) in [5.41, 5.74) is 6.09. The third kappa shape index (κ3) is 3.55. The molecule has 0 aliphatic rings. The van der Waals surface area contributed by atoms with Crippen molar-refractivity contribution in [2.45, 2.75) is 5.16 Å². The zero-order chi connectivity index (χ0) is 19.1. The van der Waals surface area contributed by atoms with Crippen LogP contribution in [0.4, 0.5) is 10.6 Å². The van der Waals surface area contributed by atoms with E-state index in [-0.39, 0.29) is 16.6 Å². The zero-order valence-corrected chi connectivity index (χ0v) is 15.5. The first-order chi connectivity index (χ1) is 12.2. The number of nitrogens with two attached hydrogens (primary N) is 1. The topological polar surface area (TPSA) is 128 Å². The summed E-state index contributed by atoms with van der Waals surface area (Å²) in [5.74, 6) is 0.0400. The number of anilines is 1. The minimum Gasteiger partial charge on any atom is -0.351 e. The molecule has 2 amide bonds. The van der Waals surface area contributed by atoms with E-state index in [1.807, 2.05) is 0 Å². The van der Waals surface area contributed by atoms with E-state index in [0.29, 0.717) is 26.6 Å². The van der Waals surface area contributed by atoms with Crippen LogP contribution in [0.25, 0.3) is 22.2 Å². The van der Waals surface area contributed by atoms with E-state index >= 15 is 0 Å². The molecule has 0 bridgehead atoms. The SMILES string of the molecule is CS(=O)(=O)c1ncc2cc(-c3c(Cl)cccc3Cl)c(NC(N)=O)nc2n1. The summed E-state index contributed by atoms with van der Waals surface area (Å²) in [7, 11) is -3.62. The number of nitrogens with zero attached hydrogens (tertiary/aromatic N) is 3. The highest BCUT2D eigenvalue weighted by Crippen LogP contribution is 2.39. The fraction of sp³-hybridized carbons (Fsp3) is 0.0667. The summed E-state index contributed by atoms with van der Waals surface area (Å²) in [6.45, 7) is 0. The monoisotopic (exact) mass is 411 g/mol. The van der Waals surface area contributed by atoms with Crippen molar-refractivity contribution in [3.63, 3.8) is 0 Å². The van der Waals surface area contributed by atoms with Gasteiger partial charge in [-0.25, -0.2) is 23.2 Å². The number of amides is 2. The van der Waals surface area contributed by atoms with Crippen molar-refractivity contribution < 1.29 is 13.2 Å². The molecule has 8 nitrogen and oxygen atoms in total. The van der Waals surface area contributed by atoms with E-state index < -0.39 is 15.9 Å². The number of benzene rings is 1. The predicted octanol–water partition coefficient (Wildman–Crippen LogP) is 2.89. The van der Waals surface area contributed by atoms with Crippen LogP contribution < -0.4 is 11.1 Å². The van der Waals surface area contributed by atoms with Crippen LogP contribution in [0, 0.1) is 0 Å². The number of carbonyl (C=O) groups is 1. The van der Waals surface area contributed by atoms with Crippen LogP contribution in [0.5, 0.6) is 0 Å². The summed E-state index contributed by atoms with van der Waals surface area (Å²) in [5, 5.41) is 3.09. The molecule has 0 atom stereocenters. The van der Waals surface area contributed by atoms with Gasteiger partial charge in [-0.3, -0.25) is 5.32 Å². The van der Waals surface area contributed by atoms with Crippen molar-refractivity contribution in [3.8, 4) is 11.1 Å². The van der Waals surface area contributed by atoms with Crippen molar-refractivity contribution >= 4 is 55.9 Å². The normalized spacial score (nSPS) is 11.5. The molecule has 11 heteroatoms. The van der Waals surface area contributed by atoms with Crippen LogP contribution in [-0.4, -0.2) is 35.7 Å². The van der Waals surface area contributed by atoms with Gasteiger partial charge >= 0.3 is 6.03 Å². The number of carbonyl (C=O) groups excluding carboxylic acids is 1. The number of primary amides is 1. The second-order valence-electron chi connectivity index (χ2n) is 5.31. The van der Waals surface area contributed by atoms with Crippen molar-refractivity contribution in [2.75, 3.05) is 11.6 Å². The first-order valence-electron chi connectivity index (χ1n) is 7.05. The van der Waals surface area contributed by atoms with Crippen LogP contribution >= 0.6 is 23.2 Å². The molecule has 2 aromatic heterocycles. The Labute approximate surface area is 158 Å². The van der Waals surface area contributed by atoms with Gasteiger partial charge in [-0.2, -0.15) is 4.98 Å². The summed E-state index contributed by atoms with van der Waals surface area (Å²) in [6, 6.07) is 5.66. The molecule has 1 aromatic carbocycles. The van der Waals surface area contributed by atoms with Crippen LogP contribution in [0.15, 0.2) is 35.6 Å². The second kappa shape index (κ2) is 6.67. The Morgan fingerprint density at radius 3 is 2.42 bits per heavy atom. The average molecular weight is 412 g/mol. The van der Waals surface area contributed by atoms with Gasteiger partial charge in [0.05, 0.1) is 10.0 Å². The molecule has 0 aliphatic heterocycles. The molecule has 3 aromatic rings. The molecule has 26 heavy (non-hydrogen) atoms. The number of halogens is 2. The molecule has 0 spiro atoms. The Kier molecular flexibility index (Phi) is 4.70. The smallest absolute Gasteiger partial charge is 0.317 e. The minimum absolute atomic E-state index is 0.0400. The Bertz CT molecular complexity index is 1130. The molecular formula is C15H11Cl2N5O3S. The highest BCUT2D eigenvalue weighted by Gasteiger charge is 2.18. The fourth-order valence-corrected chi connectivity index (χ4v) is 3.38. The Morgan fingerprint density at radius 2 is 1.85 bits per heavy atom. The maximum absolute atomic E-state index is 11.6. The van der Waals surface area contributed by atoms with E-state index in [4.69, 9.17) is 28.9 Å². The molecule has 134 valence electrons. The number of fused-ring (bicyclic) bond motifs is 1. The average Bonchev–Trinajstić information content (AvgIpc) is 2.53. The minimum atomic E-state index is -3.62. The quantitative estimate of drug-likeness (QED) is 0.637. The fourth-order valence-electron chi connectivity index (χ4n) is 2.28. The third-order valence-electron chi connectivity index (χ3n) is 3.35. The predicted molar refractivity (Wildman–Crippen MR) is 99.1 cm³/mol.